The van der Waals surface area contributed by atoms with Crippen molar-refractivity contribution < 1.29 is 19.4 Å². The summed E-state index contributed by atoms with van der Waals surface area (Å²) in [6.45, 7) is 2.35. The molecule has 1 aliphatic heterocycles. The lowest BCUT2D eigenvalue weighted by atomic mass is 10.1. The van der Waals surface area contributed by atoms with Crippen LogP contribution in [0.25, 0.3) is 6.08 Å². The number of ether oxygens (including phenoxy) is 1. The maximum atomic E-state index is 13.0. The number of thiocarbonyl (C=S) groups is 1. The van der Waals surface area contributed by atoms with Crippen LogP contribution in [0.15, 0.2) is 52.5 Å². The highest BCUT2D eigenvalue weighted by atomic mass is 79.9. The minimum Gasteiger partial charge on any atom is -0.507 e. The number of amides is 2. The standard InChI is InChI=1S/C19H15BrN2O4S/c1-2-26-13-5-3-4-12(10-13)22-18(25)14(17(24)21-19(22)27)8-11-6-7-16(23)15(20)9-11/h3-10,23H,2H2,1H3,(H,21,24,27)/b14-8+. The molecule has 138 valence electrons. The predicted molar refractivity (Wildman–Crippen MR) is 110 cm³/mol. The topological polar surface area (TPSA) is 78.9 Å². The van der Waals surface area contributed by atoms with E-state index < -0.39 is 11.8 Å². The van der Waals surface area contributed by atoms with Gasteiger partial charge in [0.2, 0.25) is 0 Å². The van der Waals surface area contributed by atoms with E-state index >= 15 is 0 Å². The third-order valence-electron chi connectivity index (χ3n) is 3.77. The van der Waals surface area contributed by atoms with Gasteiger partial charge in [0.1, 0.15) is 17.1 Å². The van der Waals surface area contributed by atoms with Crippen molar-refractivity contribution in [2.45, 2.75) is 6.92 Å². The summed E-state index contributed by atoms with van der Waals surface area (Å²) in [5.74, 6) is -0.462. The number of hydrogen-bond acceptors (Lipinski definition) is 5. The Kier molecular flexibility index (Phi) is 5.57. The fourth-order valence-corrected chi connectivity index (χ4v) is 3.23. The van der Waals surface area contributed by atoms with E-state index in [2.05, 4.69) is 21.2 Å². The fraction of sp³-hybridized carbons (Fsp3) is 0.105. The van der Waals surface area contributed by atoms with Gasteiger partial charge in [-0.2, -0.15) is 0 Å². The first-order valence-electron chi connectivity index (χ1n) is 8.03. The van der Waals surface area contributed by atoms with E-state index in [1.54, 1.807) is 36.4 Å². The Balaban J connectivity index is 1.99. The number of carbonyl (C=O) groups excluding carboxylic acids is 2. The van der Waals surface area contributed by atoms with Crippen molar-refractivity contribution in [1.82, 2.24) is 5.32 Å². The fourth-order valence-electron chi connectivity index (χ4n) is 2.55. The molecule has 1 heterocycles. The Hall–Kier alpha value is -2.71. The normalized spacial score (nSPS) is 15.9. The van der Waals surface area contributed by atoms with Crippen LogP contribution in [-0.4, -0.2) is 28.6 Å². The van der Waals surface area contributed by atoms with Crippen LogP contribution in [-0.2, 0) is 9.59 Å². The van der Waals surface area contributed by atoms with E-state index in [0.29, 0.717) is 28.1 Å². The monoisotopic (exact) mass is 446 g/mol. The molecule has 2 aromatic carbocycles. The van der Waals surface area contributed by atoms with Crippen LogP contribution in [0.2, 0.25) is 0 Å². The van der Waals surface area contributed by atoms with E-state index in [9.17, 15) is 14.7 Å². The van der Waals surface area contributed by atoms with Gasteiger partial charge in [-0.25, -0.2) is 0 Å². The van der Waals surface area contributed by atoms with Crippen molar-refractivity contribution in [3.05, 3.63) is 58.1 Å². The summed E-state index contributed by atoms with van der Waals surface area (Å²) in [6.07, 6.45) is 1.45. The van der Waals surface area contributed by atoms with Gasteiger partial charge < -0.3 is 9.84 Å². The largest absolute Gasteiger partial charge is 0.507 e. The van der Waals surface area contributed by atoms with Gasteiger partial charge in [-0.3, -0.25) is 19.8 Å². The molecule has 0 saturated carbocycles. The van der Waals surface area contributed by atoms with Crippen LogP contribution < -0.4 is 15.0 Å². The number of rotatable bonds is 4. The average molecular weight is 447 g/mol. The summed E-state index contributed by atoms with van der Waals surface area (Å²) in [6, 6.07) is 11.6. The Morgan fingerprint density at radius 3 is 2.74 bits per heavy atom. The second-order valence-corrected chi connectivity index (χ2v) is 6.84. The van der Waals surface area contributed by atoms with E-state index in [-0.39, 0.29) is 16.4 Å². The molecule has 1 aliphatic rings. The molecule has 3 rings (SSSR count). The zero-order valence-electron chi connectivity index (χ0n) is 14.2. The van der Waals surface area contributed by atoms with Crippen molar-refractivity contribution in [3.63, 3.8) is 0 Å². The molecule has 0 aliphatic carbocycles. The number of aromatic hydroxyl groups is 1. The number of benzene rings is 2. The van der Waals surface area contributed by atoms with Crippen LogP contribution >= 0.6 is 28.1 Å². The van der Waals surface area contributed by atoms with Gasteiger partial charge >= 0.3 is 0 Å². The molecule has 0 bridgehead atoms. The highest BCUT2D eigenvalue weighted by Crippen LogP contribution is 2.28. The number of nitrogens with zero attached hydrogens (tertiary/aromatic N) is 1. The lowest BCUT2D eigenvalue weighted by Gasteiger charge is -2.29. The van der Waals surface area contributed by atoms with E-state index in [1.807, 2.05) is 6.92 Å². The second-order valence-electron chi connectivity index (χ2n) is 5.60. The molecule has 8 heteroatoms. The van der Waals surface area contributed by atoms with Crippen molar-refractivity contribution >= 4 is 56.8 Å². The van der Waals surface area contributed by atoms with Gasteiger partial charge in [-0.05, 0) is 71.0 Å². The summed E-state index contributed by atoms with van der Waals surface area (Å²) < 4.78 is 5.92. The second kappa shape index (κ2) is 7.89. The van der Waals surface area contributed by atoms with Crippen molar-refractivity contribution in [2.24, 2.45) is 0 Å². The number of phenolic OH excluding ortho intramolecular Hbond substituents is 1. The number of phenols is 1. The summed E-state index contributed by atoms with van der Waals surface area (Å²) in [5, 5.41) is 12.1. The van der Waals surface area contributed by atoms with Crippen molar-refractivity contribution in [1.29, 1.82) is 0 Å². The van der Waals surface area contributed by atoms with Gasteiger partial charge in [-0.15, -0.1) is 0 Å². The Morgan fingerprint density at radius 2 is 2.04 bits per heavy atom. The molecule has 2 aromatic rings. The highest BCUT2D eigenvalue weighted by Gasteiger charge is 2.34. The third kappa shape index (κ3) is 4.01. The summed E-state index contributed by atoms with van der Waals surface area (Å²) in [7, 11) is 0. The molecular weight excluding hydrogens is 432 g/mol. The first-order chi connectivity index (χ1) is 12.9. The van der Waals surface area contributed by atoms with Gasteiger partial charge in [0.25, 0.3) is 11.8 Å². The molecule has 0 spiro atoms. The quantitative estimate of drug-likeness (QED) is 0.427. The van der Waals surface area contributed by atoms with Crippen LogP contribution in [0, 0.1) is 0 Å². The van der Waals surface area contributed by atoms with Gasteiger partial charge in [0.15, 0.2) is 5.11 Å². The SMILES string of the molecule is CCOc1cccc(N2C(=O)/C(=C/c3ccc(O)c(Br)c3)C(=O)NC2=S)c1. The molecule has 2 N–H and O–H groups in total. The maximum absolute atomic E-state index is 13.0. The predicted octanol–water partition coefficient (Wildman–Crippen LogP) is 3.38. The molecular formula is C19H15BrN2O4S. The average Bonchev–Trinajstić information content (AvgIpc) is 2.62. The highest BCUT2D eigenvalue weighted by molar-refractivity contribution is 9.10. The van der Waals surface area contributed by atoms with Crippen LogP contribution in [0.5, 0.6) is 11.5 Å². The summed E-state index contributed by atoms with van der Waals surface area (Å²) in [4.78, 5) is 26.5. The Labute approximate surface area is 169 Å². The molecule has 2 amide bonds. The van der Waals surface area contributed by atoms with E-state index in [1.165, 1.54) is 17.0 Å². The first kappa shape index (κ1) is 19.1. The molecule has 1 saturated heterocycles. The van der Waals surface area contributed by atoms with Gasteiger partial charge in [-0.1, -0.05) is 12.1 Å². The van der Waals surface area contributed by atoms with Gasteiger partial charge in [0.05, 0.1) is 16.8 Å². The summed E-state index contributed by atoms with van der Waals surface area (Å²) >= 11 is 8.40. The number of halogens is 1. The molecule has 0 radical (unpaired) electrons. The molecule has 0 aromatic heterocycles. The van der Waals surface area contributed by atoms with Crippen molar-refractivity contribution in [3.8, 4) is 11.5 Å². The summed E-state index contributed by atoms with van der Waals surface area (Å²) in [5.41, 5.74) is 1.01. The Bertz CT molecular complexity index is 974. The number of hydrogen-bond donors (Lipinski definition) is 2. The third-order valence-corrected chi connectivity index (χ3v) is 4.69. The minimum absolute atomic E-state index is 0.00249. The molecule has 1 fully saturated rings. The first-order valence-corrected chi connectivity index (χ1v) is 9.23. The van der Waals surface area contributed by atoms with Crippen LogP contribution in [0.4, 0.5) is 5.69 Å². The number of anilines is 1. The molecule has 27 heavy (non-hydrogen) atoms. The molecule has 0 unspecified atom stereocenters. The smallest absolute Gasteiger partial charge is 0.270 e. The molecule has 0 atom stereocenters. The van der Waals surface area contributed by atoms with Gasteiger partial charge in [0, 0.05) is 6.07 Å². The number of nitrogens with one attached hydrogen (secondary N) is 1. The lowest BCUT2D eigenvalue weighted by Crippen LogP contribution is -2.54. The van der Waals surface area contributed by atoms with Crippen LogP contribution in [0.1, 0.15) is 12.5 Å². The van der Waals surface area contributed by atoms with Crippen LogP contribution in [0.3, 0.4) is 0 Å². The lowest BCUT2D eigenvalue weighted by molar-refractivity contribution is -0.122. The molecule has 6 nitrogen and oxygen atoms in total. The zero-order chi connectivity index (χ0) is 19.6. The zero-order valence-corrected chi connectivity index (χ0v) is 16.6. The maximum Gasteiger partial charge on any atom is 0.270 e. The van der Waals surface area contributed by atoms with E-state index in [4.69, 9.17) is 17.0 Å². The Morgan fingerprint density at radius 1 is 1.26 bits per heavy atom. The number of carbonyl (C=O) groups is 2. The minimum atomic E-state index is -0.577. The van der Waals surface area contributed by atoms with Crippen molar-refractivity contribution in [2.75, 3.05) is 11.5 Å². The van der Waals surface area contributed by atoms with E-state index in [0.717, 1.165) is 0 Å².